The number of benzene rings is 3. The molecule has 0 saturated heterocycles. The highest BCUT2D eigenvalue weighted by molar-refractivity contribution is 6.70. The van der Waals surface area contributed by atoms with Crippen molar-refractivity contribution < 1.29 is 9.53 Å². The molecule has 3 aromatic carbocycles. The zero-order chi connectivity index (χ0) is 17.3. The Morgan fingerprint density at radius 1 is 0.875 bits per heavy atom. The van der Waals surface area contributed by atoms with Crippen molar-refractivity contribution in [1.29, 1.82) is 0 Å². The van der Waals surface area contributed by atoms with Crippen LogP contribution in [0.3, 0.4) is 0 Å². The molecule has 0 atom stereocenters. The van der Waals surface area contributed by atoms with Crippen LogP contribution in [-0.2, 0) is 4.43 Å². The van der Waals surface area contributed by atoms with Crippen molar-refractivity contribution in [3.8, 4) is 16.9 Å². The molecular formula is C21H22O2Si. The summed E-state index contributed by atoms with van der Waals surface area (Å²) in [6, 6.07) is 20.2. The zero-order valence-corrected chi connectivity index (χ0v) is 15.3. The number of fused-ring (bicyclic) bond motifs is 1. The summed E-state index contributed by atoms with van der Waals surface area (Å²) >= 11 is 0. The summed E-state index contributed by atoms with van der Waals surface area (Å²) in [5.41, 5.74) is 2.80. The lowest BCUT2D eigenvalue weighted by Crippen LogP contribution is -2.24. The summed E-state index contributed by atoms with van der Waals surface area (Å²) in [7, 11) is -1.77. The molecule has 1 N–H and O–H groups in total. The van der Waals surface area contributed by atoms with Gasteiger partial charge in [-0.25, -0.2) is 0 Å². The quantitative estimate of drug-likeness (QED) is 0.466. The fourth-order valence-electron chi connectivity index (χ4n) is 2.73. The van der Waals surface area contributed by atoms with Crippen LogP contribution in [0.5, 0.6) is 5.75 Å². The minimum atomic E-state index is -1.77. The van der Waals surface area contributed by atoms with Crippen molar-refractivity contribution in [3.63, 3.8) is 0 Å². The van der Waals surface area contributed by atoms with Gasteiger partial charge in [0.05, 0.1) is 5.56 Å². The maximum Gasteiger partial charge on any atom is 0.242 e. The maximum atomic E-state index is 10.2. The van der Waals surface area contributed by atoms with E-state index in [1.54, 1.807) is 6.07 Å². The van der Waals surface area contributed by atoms with Crippen LogP contribution in [0, 0.1) is 0 Å². The SMILES string of the molecule is C=C(O[Si](C)(C)C)c1cc(-c2ccc3ccccc3c2)ccc1O. The summed E-state index contributed by atoms with van der Waals surface area (Å²) in [4.78, 5) is 0. The Hall–Kier alpha value is -2.52. The van der Waals surface area contributed by atoms with E-state index >= 15 is 0 Å². The van der Waals surface area contributed by atoms with Crippen molar-refractivity contribution >= 4 is 24.8 Å². The summed E-state index contributed by atoms with van der Waals surface area (Å²) in [6.45, 7) is 10.3. The predicted octanol–water partition coefficient (Wildman–Crippen LogP) is 6.03. The van der Waals surface area contributed by atoms with Crippen molar-refractivity contribution in [2.75, 3.05) is 0 Å². The second kappa shape index (κ2) is 6.17. The van der Waals surface area contributed by atoms with Gasteiger partial charge in [0.15, 0.2) is 0 Å². The molecule has 2 nitrogen and oxygen atoms in total. The third kappa shape index (κ3) is 3.52. The van der Waals surface area contributed by atoms with E-state index in [-0.39, 0.29) is 5.75 Å². The van der Waals surface area contributed by atoms with Crippen LogP contribution in [0.1, 0.15) is 5.56 Å². The smallest absolute Gasteiger partial charge is 0.242 e. The van der Waals surface area contributed by atoms with E-state index in [0.29, 0.717) is 11.3 Å². The highest BCUT2D eigenvalue weighted by Gasteiger charge is 2.19. The van der Waals surface area contributed by atoms with Crippen molar-refractivity contribution in [1.82, 2.24) is 0 Å². The van der Waals surface area contributed by atoms with Crippen LogP contribution in [-0.4, -0.2) is 13.4 Å². The molecule has 0 saturated carbocycles. The molecule has 0 heterocycles. The number of phenolic OH excluding ortho intramolecular Hbond substituents is 1. The topological polar surface area (TPSA) is 29.5 Å². The van der Waals surface area contributed by atoms with Gasteiger partial charge >= 0.3 is 0 Å². The van der Waals surface area contributed by atoms with E-state index < -0.39 is 8.32 Å². The Bertz CT molecular complexity index is 907. The number of hydrogen-bond donors (Lipinski definition) is 1. The molecule has 0 spiro atoms. The first-order chi connectivity index (χ1) is 11.3. The lowest BCUT2D eigenvalue weighted by molar-refractivity contribution is 0.462. The van der Waals surface area contributed by atoms with Crippen LogP contribution in [0.25, 0.3) is 27.7 Å². The summed E-state index contributed by atoms with van der Waals surface area (Å²) in [5, 5.41) is 12.6. The minimum Gasteiger partial charge on any atom is -0.544 e. The fraction of sp³-hybridized carbons (Fsp3) is 0.143. The molecule has 0 aliphatic carbocycles. The van der Waals surface area contributed by atoms with E-state index in [9.17, 15) is 5.11 Å². The normalized spacial score (nSPS) is 11.5. The highest BCUT2D eigenvalue weighted by Crippen LogP contribution is 2.33. The highest BCUT2D eigenvalue weighted by atomic mass is 28.4. The fourth-order valence-corrected chi connectivity index (χ4v) is 3.58. The number of hydrogen-bond acceptors (Lipinski definition) is 2. The summed E-state index contributed by atoms with van der Waals surface area (Å²) in [6.07, 6.45) is 0. The van der Waals surface area contributed by atoms with Gasteiger partial charge in [0.2, 0.25) is 8.32 Å². The molecule has 0 amide bonds. The second-order valence-electron chi connectivity index (χ2n) is 6.93. The Kier molecular flexibility index (Phi) is 4.20. The minimum absolute atomic E-state index is 0.197. The number of phenols is 1. The first-order valence-corrected chi connectivity index (χ1v) is 11.4. The molecule has 0 bridgehead atoms. The third-order valence-electron chi connectivity index (χ3n) is 3.81. The standard InChI is InChI=1S/C21H22O2Si/c1-15(23-24(2,3)4)20-14-19(11-12-21(20)22)18-10-9-16-7-5-6-8-17(16)13-18/h5-14,22H,1H2,2-4H3. The molecule has 3 aromatic rings. The molecular weight excluding hydrogens is 312 g/mol. The Labute approximate surface area is 144 Å². The Morgan fingerprint density at radius 2 is 1.50 bits per heavy atom. The van der Waals surface area contributed by atoms with Gasteiger partial charge in [-0.1, -0.05) is 49.0 Å². The lowest BCUT2D eigenvalue weighted by atomic mass is 9.99. The Balaban J connectivity index is 2.02. The zero-order valence-electron chi connectivity index (χ0n) is 14.3. The third-order valence-corrected chi connectivity index (χ3v) is 4.67. The monoisotopic (exact) mass is 334 g/mol. The first-order valence-electron chi connectivity index (χ1n) is 8.04. The van der Waals surface area contributed by atoms with E-state index in [0.717, 1.165) is 11.1 Å². The van der Waals surface area contributed by atoms with E-state index in [4.69, 9.17) is 4.43 Å². The van der Waals surface area contributed by atoms with E-state index in [1.807, 2.05) is 24.3 Å². The first kappa shape index (κ1) is 16.3. The van der Waals surface area contributed by atoms with Gasteiger partial charge in [-0.3, -0.25) is 0 Å². The van der Waals surface area contributed by atoms with Crippen LogP contribution in [0.4, 0.5) is 0 Å². The van der Waals surface area contributed by atoms with Crippen molar-refractivity contribution in [3.05, 3.63) is 72.8 Å². The average molecular weight is 334 g/mol. The molecule has 122 valence electrons. The van der Waals surface area contributed by atoms with E-state index in [2.05, 4.69) is 56.6 Å². The van der Waals surface area contributed by atoms with E-state index in [1.165, 1.54) is 10.8 Å². The molecule has 0 aromatic heterocycles. The van der Waals surface area contributed by atoms with Gasteiger partial charge in [0, 0.05) is 0 Å². The molecule has 3 rings (SSSR count). The van der Waals surface area contributed by atoms with Crippen molar-refractivity contribution in [2.45, 2.75) is 19.6 Å². The van der Waals surface area contributed by atoms with Crippen LogP contribution in [0.2, 0.25) is 19.6 Å². The second-order valence-corrected chi connectivity index (χ2v) is 11.4. The van der Waals surface area contributed by atoms with Crippen molar-refractivity contribution in [2.24, 2.45) is 0 Å². The van der Waals surface area contributed by atoms with Crippen LogP contribution < -0.4 is 0 Å². The molecule has 0 unspecified atom stereocenters. The Morgan fingerprint density at radius 3 is 2.21 bits per heavy atom. The van der Waals surface area contributed by atoms with Gasteiger partial charge < -0.3 is 9.53 Å². The average Bonchev–Trinajstić information content (AvgIpc) is 2.53. The van der Waals surface area contributed by atoms with Crippen LogP contribution >= 0.6 is 0 Å². The van der Waals surface area contributed by atoms with Gasteiger partial charge in [-0.2, -0.15) is 0 Å². The van der Waals surface area contributed by atoms with Crippen LogP contribution in [0.15, 0.2) is 67.2 Å². The molecule has 0 aliphatic heterocycles. The number of rotatable bonds is 4. The molecule has 24 heavy (non-hydrogen) atoms. The molecule has 0 fully saturated rings. The molecule has 0 aliphatic rings. The van der Waals surface area contributed by atoms with Gasteiger partial charge in [-0.05, 0) is 59.7 Å². The molecule has 3 heteroatoms. The number of aromatic hydroxyl groups is 1. The van der Waals surface area contributed by atoms with Gasteiger partial charge in [-0.15, -0.1) is 0 Å². The summed E-state index contributed by atoms with van der Waals surface area (Å²) in [5.74, 6) is 0.733. The van der Waals surface area contributed by atoms with Gasteiger partial charge in [0.1, 0.15) is 11.5 Å². The lowest BCUT2D eigenvalue weighted by Gasteiger charge is -2.22. The summed E-state index contributed by atoms with van der Waals surface area (Å²) < 4.78 is 5.95. The largest absolute Gasteiger partial charge is 0.544 e. The van der Waals surface area contributed by atoms with Gasteiger partial charge in [0.25, 0.3) is 0 Å². The predicted molar refractivity (Wildman–Crippen MR) is 105 cm³/mol. The molecule has 0 radical (unpaired) electrons. The maximum absolute atomic E-state index is 10.2.